The van der Waals surface area contributed by atoms with E-state index in [1.165, 1.54) is 24.3 Å². The Morgan fingerprint density at radius 3 is 2.54 bits per heavy atom. The number of carbonyl (C=O) groups is 3. The molecule has 2 saturated heterocycles. The summed E-state index contributed by atoms with van der Waals surface area (Å²) < 4.78 is 10.3. The number of ether oxygens (including phenoxy) is 2. The lowest BCUT2D eigenvalue weighted by Gasteiger charge is -2.23. The number of esters is 1. The van der Waals surface area contributed by atoms with Gasteiger partial charge >= 0.3 is 12.0 Å². The van der Waals surface area contributed by atoms with E-state index in [2.05, 4.69) is 5.32 Å². The van der Waals surface area contributed by atoms with Gasteiger partial charge in [0.15, 0.2) is 0 Å². The van der Waals surface area contributed by atoms with Gasteiger partial charge in [-0.05, 0) is 24.3 Å². The van der Waals surface area contributed by atoms with E-state index in [9.17, 15) is 24.6 Å². The molecule has 0 aliphatic carbocycles. The number of benzene rings is 1. The van der Waals surface area contributed by atoms with Crippen LogP contribution < -0.4 is 10.6 Å². The average molecular weight is 357 g/mol. The molecule has 0 radical (unpaired) electrons. The molecule has 2 heterocycles. The molecule has 0 saturated carbocycles. The highest BCUT2D eigenvalue weighted by Crippen LogP contribution is 2.32. The molecular formula is C14H13ClN2O7. The van der Waals surface area contributed by atoms with Gasteiger partial charge in [-0.25, -0.2) is 9.59 Å². The summed E-state index contributed by atoms with van der Waals surface area (Å²) in [5, 5.41) is 24.5. The molecule has 1 spiro atoms. The molecule has 2 fully saturated rings. The number of aliphatic hydroxyl groups is 2. The number of aliphatic hydroxyl groups excluding tert-OH is 2. The topological polar surface area (TPSA) is 134 Å². The highest BCUT2D eigenvalue weighted by molar-refractivity contribution is 6.30. The van der Waals surface area contributed by atoms with Gasteiger partial charge in [0.1, 0.15) is 24.9 Å². The van der Waals surface area contributed by atoms with Crippen LogP contribution in [0.25, 0.3) is 0 Å². The molecular weight excluding hydrogens is 344 g/mol. The van der Waals surface area contributed by atoms with Crippen molar-refractivity contribution in [2.24, 2.45) is 0 Å². The van der Waals surface area contributed by atoms with E-state index in [4.69, 9.17) is 21.1 Å². The summed E-state index contributed by atoms with van der Waals surface area (Å²) >= 11 is 5.72. The second-order valence-corrected chi connectivity index (χ2v) is 5.78. The highest BCUT2D eigenvalue weighted by Gasteiger charge is 2.63. The number of urea groups is 1. The smallest absolute Gasteiger partial charge is 0.338 e. The fourth-order valence-corrected chi connectivity index (χ4v) is 2.65. The molecule has 3 rings (SSSR count). The molecule has 10 heteroatoms. The maximum Gasteiger partial charge on any atom is 0.338 e. The second kappa shape index (κ2) is 6.02. The molecule has 0 aromatic heterocycles. The van der Waals surface area contributed by atoms with Crippen LogP contribution in [0.4, 0.5) is 4.79 Å². The number of carbonyl (C=O) groups excluding carboxylic acids is 3. The van der Waals surface area contributed by atoms with E-state index in [0.717, 1.165) is 0 Å². The van der Waals surface area contributed by atoms with Crippen molar-refractivity contribution >= 4 is 29.5 Å². The minimum atomic E-state index is -2.09. The van der Waals surface area contributed by atoms with Gasteiger partial charge in [-0.2, -0.15) is 0 Å². The number of hydrogen-bond acceptors (Lipinski definition) is 7. The van der Waals surface area contributed by atoms with Crippen LogP contribution in [0.1, 0.15) is 10.4 Å². The summed E-state index contributed by atoms with van der Waals surface area (Å²) in [5.74, 6) is -1.62. The molecule has 0 bridgehead atoms. The maximum absolute atomic E-state index is 11.9. The summed E-state index contributed by atoms with van der Waals surface area (Å²) in [7, 11) is 0. The van der Waals surface area contributed by atoms with Gasteiger partial charge in [-0.1, -0.05) is 11.6 Å². The maximum atomic E-state index is 11.9. The molecule has 128 valence electrons. The Bertz CT molecular complexity index is 695. The predicted octanol–water partition coefficient (Wildman–Crippen LogP) is -0.847. The number of halogens is 1. The normalized spacial score (nSPS) is 31.9. The number of amides is 3. The van der Waals surface area contributed by atoms with Crippen molar-refractivity contribution in [3.8, 4) is 0 Å². The van der Waals surface area contributed by atoms with Crippen LogP contribution >= 0.6 is 11.6 Å². The summed E-state index contributed by atoms with van der Waals surface area (Å²) in [6.07, 6.45) is -4.43. The van der Waals surface area contributed by atoms with Gasteiger partial charge in [0.25, 0.3) is 11.6 Å². The lowest BCUT2D eigenvalue weighted by molar-refractivity contribution is -0.153. The third-order valence-corrected chi connectivity index (χ3v) is 4.03. The molecule has 4 N–H and O–H groups in total. The first-order chi connectivity index (χ1) is 11.3. The van der Waals surface area contributed by atoms with Crippen molar-refractivity contribution in [3.63, 3.8) is 0 Å². The third kappa shape index (κ3) is 2.71. The SMILES string of the molecule is O=C1NC(=O)[C@@]2(N1)O[C@H](COC(=O)c1ccc(Cl)cc1)C(O)C2O. The van der Waals surface area contributed by atoms with Crippen LogP contribution in [-0.4, -0.2) is 58.8 Å². The Hall–Kier alpha value is -2.20. The van der Waals surface area contributed by atoms with Crippen molar-refractivity contribution < 1.29 is 34.1 Å². The van der Waals surface area contributed by atoms with E-state index in [1.807, 2.05) is 5.32 Å². The lowest BCUT2D eigenvalue weighted by atomic mass is 10.0. The second-order valence-electron chi connectivity index (χ2n) is 5.34. The molecule has 1 aromatic carbocycles. The molecule has 1 aromatic rings. The van der Waals surface area contributed by atoms with Crippen LogP contribution in [0.5, 0.6) is 0 Å². The van der Waals surface area contributed by atoms with Crippen LogP contribution in [0.2, 0.25) is 5.02 Å². The van der Waals surface area contributed by atoms with Crippen molar-refractivity contribution in [2.75, 3.05) is 6.61 Å². The zero-order valence-corrected chi connectivity index (χ0v) is 12.8. The van der Waals surface area contributed by atoms with Gasteiger partial charge in [0.05, 0.1) is 5.56 Å². The average Bonchev–Trinajstić information content (AvgIpc) is 2.96. The highest BCUT2D eigenvalue weighted by atomic mass is 35.5. The summed E-state index contributed by atoms with van der Waals surface area (Å²) in [6.45, 7) is -0.426. The first-order valence-corrected chi connectivity index (χ1v) is 7.31. The van der Waals surface area contributed by atoms with E-state index in [0.29, 0.717) is 5.02 Å². The van der Waals surface area contributed by atoms with Crippen molar-refractivity contribution in [2.45, 2.75) is 24.0 Å². The standard InChI is InChI=1S/C14H13ClN2O7/c15-7-3-1-6(2-4-7)11(20)23-5-8-9(18)10(19)14(24-8)12(21)16-13(22)17-14/h1-4,8-10,18-19H,5H2,(H2,16,17,21,22)/t8-,9?,10?,14+/m1/s1. The van der Waals surface area contributed by atoms with E-state index in [-0.39, 0.29) is 5.56 Å². The predicted molar refractivity (Wildman–Crippen MR) is 78.0 cm³/mol. The molecule has 24 heavy (non-hydrogen) atoms. The minimum Gasteiger partial charge on any atom is -0.459 e. The minimum absolute atomic E-state index is 0.231. The van der Waals surface area contributed by atoms with Gasteiger partial charge in [-0.3, -0.25) is 15.4 Å². The number of rotatable bonds is 3. The third-order valence-electron chi connectivity index (χ3n) is 3.78. The van der Waals surface area contributed by atoms with E-state index < -0.39 is 48.6 Å². The Morgan fingerprint density at radius 2 is 1.96 bits per heavy atom. The molecule has 2 aliphatic rings. The molecule has 2 unspecified atom stereocenters. The first-order valence-electron chi connectivity index (χ1n) is 6.94. The van der Waals surface area contributed by atoms with Crippen LogP contribution in [0.15, 0.2) is 24.3 Å². The van der Waals surface area contributed by atoms with Crippen LogP contribution in [0.3, 0.4) is 0 Å². The lowest BCUT2D eigenvalue weighted by Crippen LogP contribution is -2.56. The van der Waals surface area contributed by atoms with Crippen molar-refractivity contribution in [1.29, 1.82) is 0 Å². The molecule has 4 atom stereocenters. The first kappa shape index (κ1) is 16.7. The van der Waals surface area contributed by atoms with Gasteiger partial charge in [0, 0.05) is 5.02 Å². The van der Waals surface area contributed by atoms with E-state index in [1.54, 1.807) is 0 Å². The molecule has 2 aliphatic heterocycles. The van der Waals surface area contributed by atoms with Crippen LogP contribution in [-0.2, 0) is 14.3 Å². The zero-order valence-electron chi connectivity index (χ0n) is 12.1. The largest absolute Gasteiger partial charge is 0.459 e. The molecule has 9 nitrogen and oxygen atoms in total. The number of hydrogen-bond donors (Lipinski definition) is 4. The fourth-order valence-electron chi connectivity index (χ4n) is 2.53. The molecule has 3 amide bonds. The Kier molecular flexibility index (Phi) is 4.18. The zero-order chi connectivity index (χ0) is 17.5. The Labute approximate surface area is 140 Å². The summed E-state index contributed by atoms with van der Waals surface area (Å²) in [6, 6.07) is 5.08. The number of imide groups is 1. The quantitative estimate of drug-likeness (QED) is 0.409. The van der Waals surface area contributed by atoms with Gasteiger partial charge < -0.3 is 19.7 Å². The van der Waals surface area contributed by atoms with Gasteiger partial charge in [0.2, 0.25) is 0 Å². The monoisotopic (exact) mass is 356 g/mol. The Morgan fingerprint density at radius 1 is 1.29 bits per heavy atom. The van der Waals surface area contributed by atoms with Crippen molar-refractivity contribution in [1.82, 2.24) is 10.6 Å². The van der Waals surface area contributed by atoms with Crippen LogP contribution in [0, 0.1) is 0 Å². The summed E-state index contributed by atoms with van der Waals surface area (Å²) in [5.41, 5.74) is -1.86. The van der Waals surface area contributed by atoms with Crippen molar-refractivity contribution in [3.05, 3.63) is 34.9 Å². The Balaban J connectivity index is 1.66. The summed E-state index contributed by atoms with van der Waals surface area (Å²) in [4.78, 5) is 34.9. The van der Waals surface area contributed by atoms with Gasteiger partial charge in [-0.15, -0.1) is 0 Å². The fraction of sp³-hybridized carbons (Fsp3) is 0.357. The number of nitrogens with one attached hydrogen (secondary N) is 2. The van der Waals surface area contributed by atoms with E-state index >= 15 is 0 Å².